The van der Waals surface area contributed by atoms with Crippen molar-refractivity contribution in [2.75, 3.05) is 18.5 Å². The second kappa shape index (κ2) is 4.30. The van der Waals surface area contributed by atoms with Gasteiger partial charge in [0.2, 0.25) is 11.1 Å². The minimum absolute atomic E-state index is 0.0264. The molecule has 0 aliphatic carbocycles. The predicted octanol–water partition coefficient (Wildman–Crippen LogP) is 0.838. The Morgan fingerprint density at radius 1 is 1.56 bits per heavy atom. The maximum absolute atomic E-state index is 10.8. The van der Waals surface area contributed by atoms with Gasteiger partial charge in [-0.2, -0.15) is 4.98 Å². The number of rotatable bonds is 3. The van der Waals surface area contributed by atoms with Crippen LogP contribution >= 0.6 is 11.6 Å². The fourth-order valence-electron chi connectivity index (χ4n) is 2.17. The Morgan fingerprint density at radius 3 is 2.83 bits per heavy atom. The van der Waals surface area contributed by atoms with Gasteiger partial charge in [-0.1, -0.05) is 0 Å². The lowest BCUT2D eigenvalue weighted by molar-refractivity contribution is -0.384. The molecule has 2 bridgehead atoms. The third kappa shape index (κ3) is 2.09. The van der Waals surface area contributed by atoms with E-state index in [1.807, 2.05) is 5.01 Å². The summed E-state index contributed by atoms with van der Waals surface area (Å²) in [5.41, 5.74) is 2.71. The number of anilines is 1. The number of hydrazine groups is 1. The van der Waals surface area contributed by atoms with Gasteiger partial charge < -0.3 is 4.74 Å². The second-order valence-electron chi connectivity index (χ2n) is 4.26. The van der Waals surface area contributed by atoms with Crippen molar-refractivity contribution in [1.29, 1.82) is 0 Å². The van der Waals surface area contributed by atoms with Crippen LogP contribution in [0.5, 0.6) is 0 Å². The molecule has 2 unspecified atom stereocenters. The number of piperidine rings is 1. The van der Waals surface area contributed by atoms with E-state index >= 15 is 0 Å². The molecule has 4 rings (SSSR count). The number of nitro groups is 1. The highest BCUT2D eigenvalue weighted by atomic mass is 35.5. The molecule has 8 nitrogen and oxygen atoms in total. The SMILES string of the molecule is O=[N+]([O-])c1cnc(Cl)nc1NN1CC2CC(C1)O2. The Bertz CT molecular complexity index is 483. The van der Waals surface area contributed by atoms with Gasteiger partial charge in [0.1, 0.15) is 6.20 Å². The van der Waals surface area contributed by atoms with E-state index in [1.165, 1.54) is 0 Å². The summed E-state index contributed by atoms with van der Waals surface area (Å²) in [5, 5.41) is 12.7. The van der Waals surface area contributed by atoms with Crippen LogP contribution in [0.15, 0.2) is 6.20 Å². The summed E-state index contributed by atoms with van der Waals surface area (Å²) in [6.07, 6.45) is 2.55. The van der Waals surface area contributed by atoms with Gasteiger partial charge in [0.25, 0.3) is 0 Å². The van der Waals surface area contributed by atoms with Crippen molar-refractivity contribution < 1.29 is 9.66 Å². The van der Waals surface area contributed by atoms with Crippen molar-refractivity contribution in [3.8, 4) is 0 Å². The first-order valence-electron chi connectivity index (χ1n) is 5.46. The normalized spacial score (nSPS) is 26.5. The monoisotopic (exact) mass is 271 g/mol. The smallest absolute Gasteiger partial charge is 0.330 e. The Kier molecular flexibility index (Phi) is 2.77. The summed E-state index contributed by atoms with van der Waals surface area (Å²) in [6.45, 7) is 1.35. The average molecular weight is 272 g/mol. The summed E-state index contributed by atoms with van der Waals surface area (Å²) in [6, 6.07) is 0. The fourth-order valence-corrected chi connectivity index (χ4v) is 2.30. The summed E-state index contributed by atoms with van der Waals surface area (Å²) in [7, 11) is 0. The number of hydrogen-bond acceptors (Lipinski definition) is 7. The van der Waals surface area contributed by atoms with E-state index in [-0.39, 0.29) is 29.0 Å². The largest absolute Gasteiger partial charge is 0.372 e. The number of aromatic nitrogens is 2. The molecule has 18 heavy (non-hydrogen) atoms. The van der Waals surface area contributed by atoms with Crippen LogP contribution in [0.4, 0.5) is 11.5 Å². The molecule has 96 valence electrons. The highest BCUT2D eigenvalue weighted by molar-refractivity contribution is 6.28. The minimum atomic E-state index is -0.542. The number of fused-ring (bicyclic) bond motifs is 2. The van der Waals surface area contributed by atoms with Gasteiger partial charge in [-0.05, 0) is 11.6 Å². The third-order valence-corrected chi connectivity index (χ3v) is 3.14. The van der Waals surface area contributed by atoms with Crippen LogP contribution in [0.1, 0.15) is 6.42 Å². The number of halogens is 1. The van der Waals surface area contributed by atoms with E-state index in [0.717, 1.165) is 12.6 Å². The van der Waals surface area contributed by atoms with Crippen LogP contribution in [-0.2, 0) is 4.74 Å². The highest BCUT2D eigenvalue weighted by Gasteiger charge is 2.39. The lowest BCUT2D eigenvalue weighted by atomic mass is 10.0. The first-order valence-corrected chi connectivity index (χ1v) is 5.83. The van der Waals surface area contributed by atoms with Crippen molar-refractivity contribution in [3.05, 3.63) is 21.6 Å². The quantitative estimate of drug-likeness (QED) is 0.494. The molecule has 3 aliphatic heterocycles. The second-order valence-corrected chi connectivity index (χ2v) is 4.60. The molecule has 9 heteroatoms. The minimum Gasteiger partial charge on any atom is -0.372 e. The number of nitrogens with zero attached hydrogens (tertiary/aromatic N) is 4. The van der Waals surface area contributed by atoms with Crippen LogP contribution < -0.4 is 5.43 Å². The third-order valence-electron chi connectivity index (χ3n) is 2.96. The molecule has 2 atom stereocenters. The van der Waals surface area contributed by atoms with Crippen LogP contribution in [0.2, 0.25) is 5.28 Å². The Labute approximate surface area is 107 Å². The highest BCUT2D eigenvalue weighted by Crippen LogP contribution is 2.29. The molecule has 0 aromatic carbocycles. The van der Waals surface area contributed by atoms with Gasteiger partial charge in [-0.3, -0.25) is 15.5 Å². The Hall–Kier alpha value is -1.51. The van der Waals surface area contributed by atoms with E-state index in [2.05, 4.69) is 15.4 Å². The van der Waals surface area contributed by atoms with E-state index in [0.29, 0.717) is 13.1 Å². The van der Waals surface area contributed by atoms with E-state index in [4.69, 9.17) is 16.3 Å². The van der Waals surface area contributed by atoms with Crippen molar-refractivity contribution >= 4 is 23.1 Å². The maximum atomic E-state index is 10.8. The fraction of sp³-hybridized carbons (Fsp3) is 0.556. The zero-order valence-electron chi connectivity index (χ0n) is 9.24. The van der Waals surface area contributed by atoms with Crippen molar-refractivity contribution in [1.82, 2.24) is 15.0 Å². The van der Waals surface area contributed by atoms with Gasteiger partial charge >= 0.3 is 5.69 Å². The lowest BCUT2D eigenvalue weighted by Gasteiger charge is -2.46. The molecular weight excluding hydrogens is 262 g/mol. The molecule has 0 radical (unpaired) electrons. The number of nitrogens with one attached hydrogen (secondary N) is 1. The van der Waals surface area contributed by atoms with Gasteiger partial charge in [0.05, 0.1) is 17.1 Å². The Balaban J connectivity index is 1.78. The maximum Gasteiger partial charge on any atom is 0.330 e. The van der Waals surface area contributed by atoms with Crippen molar-refractivity contribution in [2.45, 2.75) is 18.6 Å². The van der Waals surface area contributed by atoms with E-state index < -0.39 is 4.92 Å². The molecule has 3 aliphatic rings. The molecule has 1 N–H and O–H groups in total. The average Bonchev–Trinajstić information content (AvgIpc) is 2.27. The summed E-state index contributed by atoms with van der Waals surface area (Å²) in [5.74, 6) is 0.112. The van der Waals surface area contributed by atoms with Gasteiger partial charge in [-0.15, -0.1) is 0 Å². The number of ether oxygens (including phenoxy) is 1. The lowest BCUT2D eigenvalue weighted by Crippen LogP contribution is -2.58. The number of morpholine rings is 1. The summed E-state index contributed by atoms with van der Waals surface area (Å²) >= 11 is 5.65. The summed E-state index contributed by atoms with van der Waals surface area (Å²) < 4.78 is 5.47. The molecule has 0 spiro atoms. The first-order chi connectivity index (χ1) is 8.61. The van der Waals surface area contributed by atoms with Crippen molar-refractivity contribution in [2.24, 2.45) is 0 Å². The number of hydrogen-bond donors (Lipinski definition) is 1. The van der Waals surface area contributed by atoms with Crippen molar-refractivity contribution in [3.63, 3.8) is 0 Å². The topological polar surface area (TPSA) is 93.4 Å². The zero-order chi connectivity index (χ0) is 12.7. The molecular formula is C9H10ClN5O3. The Morgan fingerprint density at radius 2 is 2.22 bits per heavy atom. The first kappa shape index (κ1) is 11.6. The van der Waals surface area contributed by atoms with Crippen LogP contribution in [-0.4, -0.2) is 45.2 Å². The molecule has 4 heterocycles. The van der Waals surface area contributed by atoms with E-state index in [1.54, 1.807) is 0 Å². The van der Waals surface area contributed by atoms with Gasteiger partial charge in [0, 0.05) is 19.5 Å². The molecule has 1 aromatic rings. The molecule has 3 saturated heterocycles. The van der Waals surface area contributed by atoms with Crippen LogP contribution in [0.3, 0.4) is 0 Å². The molecule has 0 amide bonds. The molecule has 1 aromatic heterocycles. The van der Waals surface area contributed by atoms with Gasteiger partial charge in [0.15, 0.2) is 0 Å². The standard InChI is InChI=1S/C9H10ClN5O3/c10-9-11-2-7(15(16)17)8(12-9)13-14-3-5-1-6(4-14)18-5/h2,5-6H,1,3-4H2,(H,11,12,13). The van der Waals surface area contributed by atoms with Crippen LogP contribution in [0.25, 0.3) is 0 Å². The molecule has 0 saturated carbocycles. The predicted molar refractivity (Wildman–Crippen MR) is 62.2 cm³/mol. The van der Waals surface area contributed by atoms with E-state index in [9.17, 15) is 10.1 Å². The van der Waals surface area contributed by atoms with Gasteiger partial charge in [-0.25, -0.2) is 9.99 Å². The molecule has 3 fully saturated rings. The summed E-state index contributed by atoms with van der Waals surface area (Å²) in [4.78, 5) is 17.8. The zero-order valence-corrected chi connectivity index (χ0v) is 10.0. The van der Waals surface area contributed by atoms with Crippen LogP contribution in [0, 0.1) is 10.1 Å².